The van der Waals surface area contributed by atoms with E-state index in [2.05, 4.69) is 5.32 Å². The SMILES string of the molecule is Cc1c(F)cccc1S(=O)(=O)N1CCC(CNC=O)C1. The van der Waals surface area contributed by atoms with Crippen molar-refractivity contribution < 1.29 is 17.6 Å². The summed E-state index contributed by atoms with van der Waals surface area (Å²) in [4.78, 5) is 10.3. The molecule has 1 unspecified atom stereocenters. The first-order valence-electron chi connectivity index (χ1n) is 6.39. The van der Waals surface area contributed by atoms with Crippen molar-refractivity contribution in [1.82, 2.24) is 9.62 Å². The van der Waals surface area contributed by atoms with E-state index in [-0.39, 0.29) is 16.4 Å². The minimum Gasteiger partial charge on any atom is -0.358 e. The average molecular weight is 300 g/mol. The van der Waals surface area contributed by atoms with Gasteiger partial charge in [-0.05, 0) is 31.4 Å². The number of hydrogen-bond acceptors (Lipinski definition) is 3. The lowest BCUT2D eigenvalue weighted by molar-refractivity contribution is -0.109. The molecule has 0 spiro atoms. The van der Waals surface area contributed by atoms with Crippen LogP contribution in [-0.2, 0) is 14.8 Å². The monoisotopic (exact) mass is 300 g/mol. The van der Waals surface area contributed by atoms with Crippen LogP contribution in [0.2, 0.25) is 0 Å². The molecule has 1 N–H and O–H groups in total. The first-order chi connectivity index (χ1) is 9.46. The van der Waals surface area contributed by atoms with Gasteiger partial charge in [-0.1, -0.05) is 6.07 Å². The minimum atomic E-state index is -3.67. The Morgan fingerprint density at radius 2 is 2.25 bits per heavy atom. The van der Waals surface area contributed by atoms with Gasteiger partial charge in [0.05, 0.1) is 4.90 Å². The van der Waals surface area contributed by atoms with Crippen LogP contribution in [0.25, 0.3) is 0 Å². The molecule has 2 rings (SSSR count). The number of rotatable bonds is 5. The highest BCUT2D eigenvalue weighted by Gasteiger charge is 2.33. The van der Waals surface area contributed by atoms with Gasteiger partial charge in [0.25, 0.3) is 0 Å². The Kier molecular flexibility index (Phi) is 4.39. The molecule has 0 saturated carbocycles. The molecular formula is C13H17FN2O3S. The van der Waals surface area contributed by atoms with E-state index in [1.54, 1.807) is 0 Å². The van der Waals surface area contributed by atoms with Crippen LogP contribution in [0.3, 0.4) is 0 Å². The second-order valence-corrected chi connectivity index (χ2v) is 6.81. The van der Waals surface area contributed by atoms with Gasteiger partial charge in [-0.25, -0.2) is 12.8 Å². The zero-order valence-electron chi connectivity index (χ0n) is 11.2. The second kappa shape index (κ2) is 5.88. The fraction of sp³-hybridized carbons (Fsp3) is 0.462. The Bertz CT molecular complexity index is 604. The fourth-order valence-corrected chi connectivity index (χ4v) is 4.17. The lowest BCUT2D eigenvalue weighted by Gasteiger charge is -2.18. The van der Waals surface area contributed by atoms with Gasteiger partial charge in [-0.2, -0.15) is 4.31 Å². The number of amides is 1. The van der Waals surface area contributed by atoms with E-state index in [0.717, 1.165) is 0 Å². The molecule has 1 aromatic rings. The van der Waals surface area contributed by atoms with E-state index in [4.69, 9.17) is 0 Å². The third-order valence-corrected chi connectivity index (χ3v) is 5.58. The zero-order valence-corrected chi connectivity index (χ0v) is 12.0. The second-order valence-electron chi connectivity index (χ2n) is 4.91. The normalized spacial score (nSPS) is 20.0. The Morgan fingerprint density at radius 1 is 1.50 bits per heavy atom. The number of nitrogens with zero attached hydrogens (tertiary/aromatic N) is 1. The molecule has 5 nitrogen and oxygen atoms in total. The van der Waals surface area contributed by atoms with Gasteiger partial charge in [-0.15, -0.1) is 0 Å². The van der Waals surface area contributed by atoms with Crippen LogP contribution in [0.15, 0.2) is 23.1 Å². The van der Waals surface area contributed by atoms with Gasteiger partial charge in [0.1, 0.15) is 5.82 Å². The maximum absolute atomic E-state index is 13.5. The first-order valence-corrected chi connectivity index (χ1v) is 7.83. The molecule has 0 radical (unpaired) electrons. The standard InChI is InChI=1S/C13H17FN2O3S/c1-10-12(14)3-2-4-13(10)20(18,19)16-6-5-11(8-16)7-15-9-17/h2-4,9,11H,5-8H2,1H3,(H,15,17). The van der Waals surface area contributed by atoms with Gasteiger partial charge in [0.2, 0.25) is 16.4 Å². The highest BCUT2D eigenvalue weighted by Crippen LogP contribution is 2.26. The summed E-state index contributed by atoms with van der Waals surface area (Å²) in [6.45, 7) is 2.66. The topological polar surface area (TPSA) is 66.5 Å². The van der Waals surface area contributed by atoms with Crippen LogP contribution in [-0.4, -0.2) is 38.8 Å². The van der Waals surface area contributed by atoms with Gasteiger partial charge in [0.15, 0.2) is 0 Å². The zero-order chi connectivity index (χ0) is 14.8. The number of hydrogen-bond donors (Lipinski definition) is 1. The maximum Gasteiger partial charge on any atom is 0.243 e. The van der Waals surface area contributed by atoms with E-state index in [1.165, 1.54) is 29.4 Å². The Hall–Kier alpha value is -1.47. The fourth-order valence-electron chi connectivity index (χ4n) is 2.40. The molecule has 1 atom stereocenters. The molecule has 20 heavy (non-hydrogen) atoms. The van der Waals surface area contributed by atoms with Crippen molar-refractivity contribution in [2.24, 2.45) is 5.92 Å². The van der Waals surface area contributed by atoms with Crippen molar-refractivity contribution in [3.63, 3.8) is 0 Å². The number of benzene rings is 1. The van der Waals surface area contributed by atoms with Gasteiger partial charge in [0, 0.05) is 25.2 Å². The Morgan fingerprint density at radius 3 is 2.95 bits per heavy atom. The summed E-state index contributed by atoms with van der Waals surface area (Å²) < 4.78 is 39.9. The van der Waals surface area contributed by atoms with Gasteiger partial charge in [-0.3, -0.25) is 4.79 Å². The van der Waals surface area contributed by atoms with E-state index >= 15 is 0 Å². The van der Waals surface area contributed by atoms with Gasteiger partial charge >= 0.3 is 0 Å². The number of carbonyl (C=O) groups is 1. The third kappa shape index (κ3) is 2.83. The van der Waals surface area contributed by atoms with Gasteiger partial charge < -0.3 is 5.32 Å². The lowest BCUT2D eigenvalue weighted by Crippen LogP contribution is -2.31. The average Bonchev–Trinajstić information content (AvgIpc) is 2.89. The molecule has 1 fully saturated rings. The Labute approximate surface area is 117 Å². The predicted octanol–water partition coefficient (Wildman–Crippen LogP) is 0.891. The van der Waals surface area contributed by atoms with Crippen molar-refractivity contribution in [3.8, 4) is 0 Å². The molecule has 1 aromatic carbocycles. The summed E-state index contributed by atoms with van der Waals surface area (Å²) in [5, 5.41) is 2.56. The molecule has 0 aromatic heterocycles. The van der Waals surface area contributed by atoms with Crippen LogP contribution in [0.1, 0.15) is 12.0 Å². The molecule has 1 aliphatic heterocycles. The van der Waals surface area contributed by atoms with E-state index < -0.39 is 15.8 Å². The number of carbonyl (C=O) groups excluding carboxylic acids is 1. The molecule has 0 aliphatic carbocycles. The molecular weight excluding hydrogens is 283 g/mol. The quantitative estimate of drug-likeness (QED) is 0.821. The van der Waals surface area contributed by atoms with Crippen LogP contribution in [0, 0.1) is 18.7 Å². The highest BCUT2D eigenvalue weighted by molar-refractivity contribution is 7.89. The minimum absolute atomic E-state index is 0.0153. The molecule has 1 heterocycles. The number of halogens is 1. The van der Waals surface area contributed by atoms with Crippen LogP contribution < -0.4 is 5.32 Å². The summed E-state index contributed by atoms with van der Waals surface area (Å²) in [7, 11) is -3.67. The van der Waals surface area contributed by atoms with Crippen LogP contribution >= 0.6 is 0 Å². The van der Waals surface area contributed by atoms with E-state index in [9.17, 15) is 17.6 Å². The van der Waals surface area contributed by atoms with Crippen molar-refractivity contribution in [3.05, 3.63) is 29.6 Å². The smallest absolute Gasteiger partial charge is 0.243 e. The van der Waals surface area contributed by atoms with Crippen molar-refractivity contribution in [2.75, 3.05) is 19.6 Å². The predicted molar refractivity (Wildman–Crippen MR) is 72.1 cm³/mol. The van der Waals surface area contributed by atoms with E-state index in [0.29, 0.717) is 32.5 Å². The number of sulfonamides is 1. The summed E-state index contributed by atoms with van der Waals surface area (Å²) >= 11 is 0. The van der Waals surface area contributed by atoms with Crippen molar-refractivity contribution in [1.29, 1.82) is 0 Å². The lowest BCUT2D eigenvalue weighted by atomic mass is 10.1. The molecule has 0 bridgehead atoms. The first kappa shape index (κ1) is 14.9. The van der Waals surface area contributed by atoms with Crippen molar-refractivity contribution >= 4 is 16.4 Å². The largest absolute Gasteiger partial charge is 0.358 e. The molecule has 7 heteroatoms. The summed E-state index contributed by atoms with van der Waals surface area (Å²) in [5.74, 6) is -0.423. The Balaban J connectivity index is 2.20. The van der Waals surface area contributed by atoms with Crippen LogP contribution in [0.4, 0.5) is 4.39 Å². The summed E-state index contributed by atoms with van der Waals surface area (Å²) in [5.41, 5.74) is 0.141. The summed E-state index contributed by atoms with van der Waals surface area (Å²) in [6, 6.07) is 4.07. The highest BCUT2D eigenvalue weighted by atomic mass is 32.2. The molecule has 1 amide bonds. The molecule has 1 saturated heterocycles. The molecule has 110 valence electrons. The summed E-state index contributed by atoms with van der Waals surface area (Å²) in [6.07, 6.45) is 1.29. The number of nitrogens with one attached hydrogen (secondary N) is 1. The third-order valence-electron chi connectivity index (χ3n) is 3.57. The van der Waals surface area contributed by atoms with Crippen molar-refractivity contribution in [2.45, 2.75) is 18.2 Å². The molecule has 1 aliphatic rings. The van der Waals surface area contributed by atoms with E-state index in [1.807, 2.05) is 0 Å². The maximum atomic E-state index is 13.5. The van der Waals surface area contributed by atoms with Crippen LogP contribution in [0.5, 0.6) is 0 Å².